The molecule has 0 bridgehead atoms. The van der Waals surface area contributed by atoms with E-state index in [1.165, 1.54) is 5.56 Å². The van der Waals surface area contributed by atoms with Crippen LogP contribution in [0.25, 0.3) is 16.6 Å². The molecule has 4 aromatic carbocycles. The molecule has 232 valence electrons. The SMILES string of the molecule is CCc1ccc(-n2c(C(CC)N(CCc3ccc(OC)c(OC)c3)C(=O)Nc3ccccc3C)nc3ccccc3c2=O)cc1. The summed E-state index contributed by atoms with van der Waals surface area (Å²) < 4.78 is 12.6. The average molecular weight is 605 g/mol. The van der Waals surface area contributed by atoms with Crippen molar-refractivity contribution in [2.75, 3.05) is 26.1 Å². The third kappa shape index (κ3) is 6.70. The van der Waals surface area contributed by atoms with Gasteiger partial charge >= 0.3 is 6.03 Å². The Morgan fingerprint density at radius 1 is 0.889 bits per heavy atom. The molecule has 0 fully saturated rings. The first-order chi connectivity index (χ1) is 21.9. The van der Waals surface area contributed by atoms with Crippen LogP contribution in [-0.4, -0.2) is 41.2 Å². The van der Waals surface area contributed by atoms with Crippen LogP contribution in [0.1, 0.15) is 48.8 Å². The number of aromatic nitrogens is 2. The molecular weight excluding hydrogens is 564 g/mol. The van der Waals surface area contributed by atoms with Crippen LogP contribution in [0.15, 0.2) is 95.8 Å². The number of ether oxygens (including phenoxy) is 2. The van der Waals surface area contributed by atoms with Gasteiger partial charge in [-0.05, 0) is 85.3 Å². The van der Waals surface area contributed by atoms with Gasteiger partial charge in [0.25, 0.3) is 5.56 Å². The van der Waals surface area contributed by atoms with Gasteiger partial charge in [-0.3, -0.25) is 9.36 Å². The Labute approximate surface area is 264 Å². The van der Waals surface area contributed by atoms with E-state index in [0.717, 1.165) is 23.2 Å². The number of hydrogen-bond donors (Lipinski definition) is 1. The molecule has 1 heterocycles. The highest BCUT2D eigenvalue weighted by molar-refractivity contribution is 5.90. The molecule has 1 aromatic heterocycles. The van der Waals surface area contributed by atoms with E-state index in [1.807, 2.05) is 98.8 Å². The smallest absolute Gasteiger partial charge is 0.322 e. The number of benzene rings is 4. The lowest BCUT2D eigenvalue weighted by atomic mass is 10.1. The molecule has 0 saturated carbocycles. The van der Waals surface area contributed by atoms with Gasteiger partial charge in [0, 0.05) is 12.2 Å². The molecule has 8 nitrogen and oxygen atoms in total. The Kier molecular flexibility index (Phi) is 9.82. The van der Waals surface area contributed by atoms with Crippen molar-refractivity contribution in [1.29, 1.82) is 0 Å². The summed E-state index contributed by atoms with van der Waals surface area (Å²) in [5, 5.41) is 3.65. The van der Waals surface area contributed by atoms with Gasteiger partial charge in [0.1, 0.15) is 5.82 Å². The predicted molar refractivity (Wildman–Crippen MR) is 180 cm³/mol. The van der Waals surface area contributed by atoms with Gasteiger partial charge < -0.3 is 19.7 Å². The molecular formula is C37H40N4O4. The number of carbonyl (C=O) groups is 1. The zero-order valence-electron chi connectivity index (χ0n) is 26.5. The second-order valence-electron chi connectivity index (χ2n) is 10.9. The minimum absolute atomic E-state index is 0.169. The van der Waals surface area contributed by atoms with Crippen molar-refractivity contribution < 1.29 is 14.3 Å². The number of urea groups is 1. The zero-order valence-corrected chi connectivity index (χ0v) is 26.5. The van der Waals surface area contributed by atoms with E-state index in [9.17, 15) is 9.59 Å². The fourth-order valence-electron chi connectivity index (χ4n) is 5.63. The number of nitrogens with one attached hydrogen (secondary N) is 1. The van der Waals surface area contributed by atoms with Crippen molar-refractivity contribution in [2.45, 2.75) is 46.1 Å². The first-order valence-electron chi connectivity index (χ1n) is 15.3. The standard InChI is InChI=1S/C37H40N4O4/c1-6-26-16-19-28(20-17-26)41-35(38-31-15-11-9-13-29(31)36(41)42)32(7-2)40(37(43)39-30-14-10-8-12-25(30)3)23-22-27-18-21-33(44-4)34(24-27)45-5/h8-21,24,32H,6-7,22-23H2,1-5H3,(H,39,43). The Balaban J connectivity index is 1.63. The van der Waals surface area contributed by atoms with E-state index in [2.05, 4.69) is 12.2 Å². The number of aryl methyl sites for hydroxylation is 2. The van der Waals surface area contributed by atoms with Crippen LogP contribution in [-0.2, 0) is 12.8 Å². The van der Waals surface area contributed by atoms with Crippen LogP contribution < -0.4 is 20.3 Å². The average Bonchev–Trinajstić information content (AvgIpc) is 3.07. The molecule has 1 unspecified atom stereocenters. The molecule has 8 heteroatoms. The van der Waals surface area contributed by atoms with Crippen LogP contribution in [0, 0.1) is 6.92 Å². The van der Waals surface area contributed by atoms with Crippen LogP contribution in [0.4, 0.5) is 10.5 Å². The Bertz CT molecular complexity index is 1850. The van der Waals surface area contributed by atoms with E-state index in [-0.39, 0.29) is 11.6 Å². The van der Waals surface area contributed by atoms with Crippen molar-refractivity contribution in [2.24, 2.45) is 0 Å². The first-order valence-corrected chi connectivity index (χ1v) is 15.3. The molecule has 0 spiro atoms. The summed E-state index contributed by atoms with van der Waals surface area (Å²) >= 11 is 0. The normalized spacial score (nSPS) is 11.7. The van der Waals surface area contributed by atoms with E-state index in [4.69, 9.17) is 14.5 Å². The van der Waals surface area contributed by atoms with Crippen molar-refractivity contribution >= 4 is 22.6 Å². The van der Waals surface area contributed by atoms with Crippen LogP contribution >= 0.6 is 0 Å². The fourth-order valence-corrected chi connectivity index (χ4v) is 5.63. The lowest BCUT2D eigenvalue weighted by Crippen LogP contribution is -2.42. The molecule has 0 saturated heterocycles. The zero-order chi connectivity index (χ0) is 31.9. The molecule has 2 amide bonds. The largest absolute Gasteiger partial charge is 0.493 e. The summed E-state index contributed by atoms with van der Waals surface area (Å²) in [5.41, 5.74) is 4.97. The summed E-state index contributed by atoms with van der Waals surface area (Å²) in [4.78, 5) is 35.2. The Morgan fingerprint density at radius 2 is 1.58 bits per heavy atom. The second kappa shape index (κ2) is 14.1. The number of methoxy groups -OCH3 is 2. The lowest BCUT2D eigenvalue weighted by molar-refractivity contribution is 0.182. The summed E-state index contributed by atoms with van der Waals surface area (Å²) in [7, 11) is 3.21. The van der Waals surface area contributed by atoms with Gasteiger partial charge in [0.05, 0.1) is 36.9 Å². The lowest BCUT2D eigenvalue weighted by Gasteiger charge is -2.33. The number of fused-ring (bicyclic) bond motifs is 1. The second-order valence-corrected chi connectivity index (χ2v) is 10.9. The maximum Gasteiger partial charge on any atom is 0.322 e. The predicted octanol–water partition coefficient (Wildman–Crippen LogP) is 7.50. The summed E-state index contributed by atoms with van der Waals surface area (Å²) in [6, 6.07) is 28.0. The van der Waals surface area contributed by atoms with Gasteiger partial charge in [-0.1, -0.05) is 62.4 Å². The van der Waals surface area contributed by atoms with Gasteiger partial charge in [-0.25, -0.2) is 9.78 Å². The molecule has 45 heavy (non-hydrogen) atoms. The molecule has 0 aliphatic rings. The fraction of sp³-hybridized carbons (Fsp3) is 0.270. The van der Waals surface area contributed by atoms with Crippen molar-refractivity contribution in [3.8, 4) is 17.2 Å². The first kappa shape index (κ1) is 31.3. The van der Waals surface area contributed by atoms with Crippen molar-refractivity contribution in [1.82, 2.24) is 14.5 Å². The minimum atomic E-state index is -0.516. The van der Waals surface area contributed by atoms with E-state index in [1.54, 1.807) is 29.8 Å². The maximum atomic E-state index is 14.2. The third-order valence-electron chi connectivity index (χ3n) is 8.20. The highest BCUT2D eigenvalue weighted by atomic mass is 16.5. The van der Waals surface area contributed by atoms with Gasteiger partial charge in [-0.2, -0.15) is 0 Å². The number of amides is 2. The topological polar surface area (TPSA) is 85.7 Å². The van der Waals surface area contributed by atoms with E-state index in [0.29, 0.717) is 53.3 Å². The molecule has 0 aliphatic carbocycles. The Morgan fingerprint density at radius 3 is 2.27 bits per heavy atom. The van der Waals surface area contributed by atoms with Gasteiger partial charge in [0.15, 0.2) is 11.5 Å². The van der Waals surface area contributed by atoms with Gasteiger partial charge in [0.2, 0.25) is 0 Å². The molecule has 5 rings (SSSR count). The summed E-state index contributed by atoms with van der Waals surface area (Å²) in [6.45, 7) is 6.44. The number of rotatable bonds is 11. The van der Waals surface area contributed by atoms with Crippen LogP contribution in [0.3, 0.4) is 0 Å². The van der Waals surface area contributed by atoms with Crippen LogP contribution in [0.5, 0.6) is 11.5 Å². The number of hydrogen-bond acceptors (Lipinski definition) is 5. The molecule has 5 aromatic rings. The highest BCUT2D eigenvalue weighted by Gasteiger charge is 2.29. The summed E-state index contributed by atoms with van der Waals surface area (Å²) in [5.74, 6) is 1.77. The minimum Gasteiger partial charge on any atom is -0.493 e. The maximum absolute atomic E-state index is 14.2. The monoisotopic (exact) mass is 604 g/mol. The highest BCUT2D eigenvalue weighted by Crippen LogP contribution is 2.30. The van der Waals surface area contributed by atoms with E-state index >= 15 is 0 Å². The molecule has 0 radical (unpaired) electrons. The number of para-hydroxylation sites is 2. The van der Waals surface area contributed by atoms with E-state index < -0.39 is 6.04 Å². The third-order valence-corrected chi connectivity index (χ3v) is 8.20. The number of anilines is 1. The van der Waals surface area contributed by atoms with Crippen LogP contribution in [0.2, 0.25) is 0 Å². The molecule has 0 aliphatic heterocycles. The van der Waals surface area contributed by atoms with Gasteiger partial charge in [-0.15, -0.1) is 0 Å². The van der Waals surface area contributed by atoms with Crippen molar-refractivity contribution in [3.05, 3.63) is 124 Å². The van der Waals surface area contributed by atoms with Crippen molar-refractivity contribution in [3.63, 3.8) is 0 Å². The summed E-state index contributed by atoms with van der Waals surface area (Å²) in [6.07, 6.45) is 1.96. The number of nitrogens with zero attached hydrogens (tertiary/aromatic N) is 3. The molecule has 1 N–H and O–H groups in total. The molecule has 1 atom stereocenters. The quantitative estimate of drug-likeness (QED) is 0.169. The number of carbonyl (C=O) groups excluding carboxylic acids is 1. The Hall–Kier alpha value is -5.11.